The lowest BCUT2D eigenvalue weighted by atomic mass is 10.0. The second-order valence-electron chi connectivity index (χ2n) is 6.72. The number of carbonyl (C=O) groups is 2. The molecule has 1 aliphatic rings. The molecule has 6 heteroatoms. The van der Waals surface area contributed by atoms with Crippen molar-refractivity contribution in [2.75, 3.05) is 0 Å². The van der Waals surface area contributed by atoms with Crippen LogP contribution in [0.1, 0.15) is 54.1 Å². The zero-order chi connectivity index (χ0) is 19.2. The van der Waals surface area contributed by atoms with Crippen LogP contribution >= 0.6 is 11.6 Å². The second-order valence-corrected chi connectivity index (χ2v) is 7.16. The number of hydrogen-bond donors (Lipinski definition) is 2. The topological polar surface area (TPSA) is 75.6 Å². The van der Waals surface area contributed by atoms with E-state index >= 15 is 0 Å². The molecule has 0 heterocycles. The fraction of sp³-hybridized carbons (Fsp3) is 0.333. The number of rotatable bonds is 7. The third kappa shape index (κ3) is 5.47. The van der Waals surface area contributed by atoms with Gasteiger partial charge in [0, 0.05) is 10.6 Å². The first-order chi connectivity index (χ1) is 13.0. The predicted molar refractivity (Wildman–Crippen MR) is 103 cm³/mol. The molecule has 2 N–H and O–H groups in total. The number of carboxylic acid groups (broad SMARTS) is 1. The molecule has 3 rings (SSSR count). The van der Waals surface area contributed by atoms with Gasteiger partial charge in [-0.3, -0.25) is 9.59 Å². The van der Waals surface area contributed by atoms with Crippen LogP contribution in [0.15, 0.2) is 48.5 Å². The summed E-state index contributed by atoms with van der Waals surface area (Å²) in [6, 6.07) is 13.1. The number of ether oxygens (including phenoxy) is 1. The van der Waals surface area contributed by atoms with Gasteiger partial charge in [-0.05, 0) is 67.6 Å². The minimum Gasteiger partial charge on any atom is -0.490 e. The van der Waals surface area contributed by atoms with Crippen LogP contribution in [0.4, 0.5) is 0 Å². The molecule has 27 heavy (non-hydrogen) atoms. The standard InChI is InChI=1S/C21H22ClNO4/c22-16-9-5-15(6-10-16)21(26)23-19(13-20(24)25)14-7-11-18(12-8-14)27-17-3-1-2-4-17/h5-12,17,19H,1-4,13H2,(H,23,26)(H,24,25)/t19-/m0/s1. The number of hydrogen-bond acceptors (Lipinski definition) is 3. The van der Waals surface area contributed by atoms with Gasteiger partial charge in [-0.2, -0.15) is 0 Å². The van der Waals surface area contributed by atoms with E-state index in [1.54, 1.807) is 36.4 Å². The Morgan fingerprint density at radius 2 is 1.70 bits per heavy atom. The number of amides is 1. The summed E-state index contributed by atoms with van der Waals surface area (Å²) in [4.78, 5) is 23.7. The van der Waals surface area contributed by atoms with Crippen LogP contribution < -0.4 is 10.1 Å². The fourth-order valence-corrected chi connectivity index (χ4v) is 3.37. The van der Waals surface area contributed by atoms with Crippen molar-refractivity contribution in [3.05, 3.63) is 64.7 Å². The van der Waals surface area contributed by atoms with Gasteiger partial charge in [-0.1, -0.05) is 23.7 Å². The molecule has 1 fully saturated rings. The van der Waals surface area contributed by atoms with Crippen molar-refractivity contribution < 1.29 is 19.4 Å². The van der Waals surface area contributed by atoms with E-state index in [0.29, 0.717) is 10.6 Å². The average molecular weight is 388 g/mol. The maximum atomic E-state index is 12.4. The van der Waals surface area contributed by atoms with Gasteiger partial charge in [0.15, 0.2) is 0 Å². The molecule has 142 valence electrons. The third-order valence-electron chi connectivity index (χ3n) is 4.68. The van der Waals surface area contributed by atoms with Crippen LogP contribution in [-0.2, 0) is 4.79 Å². The predicted octanol–water partition coefficient (Wildman–Crippen LogP) is 4.61. The fourth-order valence-electron chi connectivity index (χ4n) is 3.25. The van der Waals surface area contributed by atoms with Gasteiger partial charge in [0.1, 0.15) is 5.75 Å². The lowest BCUT2D eigenvalue weighted by molar-refractivity contribution is -0.137. The molecule has 0 unspecified atom stereocenters. The third-order valence-corrected chi connectivity index (χ3v) is 4.93. The summed E-state index contributed by atoms with van der Waals surface area (Å²) < 4.78 is 5.94. The van der Waals surface area contributed by atoms with Gasteiger partial charge in [-0.15, -0.1) is 0 Å². The van der Waals surface area contributed by atoms with Crippen molar-refractivity contribution in [2.45, 2.75) is 44.2 Å². The number of nitrogens with one attached hydrogen (secondary N) is 1. The second kappa shape index (κ2) is 8.91. The van der Waals surface area contributed by atoms with E-state index in [-0.39, 0.29) is 18.4 Å². The highest BCUT2D eigenvalue weighted by atomic mass is 35.5. The Morgan fingerprint density at radius 1 is 1.07 bits per heavy atom. The molecule has 0 radical (unpaired) electrons. The lowest BCUT2D eigenvalue weighted by Crippen LogP contribution is -2.30. The number of halogens is 1. The van der Waals surface area contributed by atoms with Crippen LogP contribution in [-0.4, -0.2) is 23.1 Å². The largest absolute Gasteiger partial charge is 0.490 e. The van der Waals surface area contributed by atoms with Crippen molar-refractivity contribution in [2.24, 2.45) is 0 Å². The van der Waals surface area contributed by atoms with Crippen LogP contribution in [0.25, 0.3) is 0 Å². The molecule has 2 aromatic carbocycles. The van der Waals surface area contributed by atoms with E-state index in [1.807, 2.05) is 12.1 Å². The summed E-state index contributed by atoms with van der Waals surface area (Å²) in [5, 5.41) is 12.5. The van der Waals surface area contributed by atoms with Crippen molar-refractivity contribution >= 4 is 23.5 Å². The lowest BCUT2D eigenvalue weighted by Gasteiger charge is -2.19. The summed E-state index contributed by atoms with van der Waals surface area (Å²) in [5.41, 5.74) is 1.15. The maximum Gasteiger partial charge on any atom is 0.305 e. The summed E-state index contributed by atoms with van der Waals surface area (Å²) in [7, 11) is 0. The molecule has 1 saturated carbocycles. The number of benzene rings is 2. The number of carbonyl (C=O) groups excluding carboxylic acids is 1. The molecular weight excluding hydrogens is 366 g/mol. The molecule has 0 spiro atoms. The SMILES string of the molecule is O=C(O)C[C@H](NC(=O)c1ccc(Cl)cc1)c1ccc(OC2CCCC2)cc1. The van der Waals surface area contributed by atoms with E-state index in [1.165, 1.54) is 12.8 Å². The Bertz CT molecular complexity index is 783. The van der Waals surface area contributed by atoms with Crippen molar-refractivity contribution in [3.63, 3.8) is 0 Å². The monoisotopic (exact) mass is 387 g/mol. The Hall–Kier alpha value is -2.53. The van der Waals surface area contributed by atoms with Gasteiger partial charge in [0.25, 0.3) is 5.91 Å². The van der Waals surface area contributed by atoms with E-state index in [9.17, 15) is 14.7 Å². The Kier molecular flexibility index (Phi) is 6.35. The van der Waals surface area contributed by atoms with Gasteiger partial charge < -0.3 is 15.2 Å². The highest BCUT2D eigenvalue weighted by Gasteiger charge is 2.20. The molecular formula is C21H22ClNO4. The minimum atomic E-state index is -0.984. The van der Waals surface area contributed by atoms with Crippen molar-refractivity contribution in [3.8, 4) is 5.75 Å². The van der Waals surface area contributed by atoms with Crippen molar-refractivity contribution in [1.29, 1.82) is 0 Å². The Morgan fingerprint density at radius 3 is 2.30 bits per heavy atom. The molecule has 5 nitrogen and oxygen atoms in total. The van der Waals surface area contributed by atoms with Gasteiger partial charge in [0.2, 0.25) is 0 Å². The molecule has 0 bridgehead atoms. The molecule has 1 atom stereocenters. The van der Waals surface area contributed by atoms with Crippen LogP contribution in [0, 0.1) is 0 Å². The molecule has 0 aliphatic heterocycles. The average Bonchev–Trinajstić information content (AvgIpc) is 3.15. The first-order valence-electron chi connectivity index (χ1n) is 9.06. The first-order valence-corrected chi connectivity index (χ1v) is 9.44. The molecule has 1 amide bonds. The van der Waals surface area contributed by atoms with E-state index in [0.717, 1.165) is 24.2 Å². The highest BCUT2D eigenvalue weighted by molar-refractivity contribution is 6.30. The van der Waals surface area contributed by atoms with E-state index in [4.69, 9.17) is 16.3 Å². The number of carboxylic acids is 1. The van der Waals surface area contributed by atoms with Crippen LogP contribution in [0.2, 0.25) is 5.02 Å². The Balaban J connectivity index is 1.70. The van der Waals surface area contributed by atoms with Crippen LogP contribution in [0.5, 0.6) is 5.75 Å². The highest BCUT2D eigenvalue weighted by Crippen LogP contribution is 2.26. The minimum absolute atomic E-state index is 0.206. The molecule has 0 saturated heterocycles. The zero-order valence-electron chi connectivity index (χ0n) is 14.9. The summed E-state index contributed by atoms with van der Waals surface area (Å²) >= 11 is 5.84. The maximum absolute atomic E-state index is 12.4. The smallest absolute Gasteiger partial charge is 0.305 e. The molecule has 1 aliphatic carbocycles. The molecule has 0 aromatic heterocycles. The van der Waals surface area contributed by atoms with Gasteiger partial charge >= 0.3 is 5.97 Å². The van der Waals surface area contributed by atoms with Crippen molar-refractivity contribution in [1.82, 2.24) is 5.32 Å². The molecule has 2 aromatic rings. The first kappa shape index (κ1) is 19.2. The van der Waals surface area contributed by atoms with E-state index in [2.05, 4.69) is 5.32 Å². The van der Waals surface area contributed by atoms with Gasteiger partial charge in [0.05, 0.1) is 18.6 Å². The normalized spacial score (nSPS) is 15.3. The Labute approximate surface area is 163 Å². The van der Waals surface area contributed by atoms with Gasteiger partial charge in [-0.25, -0.2) is 0 Å². The summed E-state index contributed by atoms with van der Waals surface area (Å²) in [6.45, 7) is 0. The quantitative estimate of drug-likeness (QED) is 0.727. The van der Waals surface area contributed by atoms with E-state index < -0.39 is 12.0 Å². The summed E-state index contributed by atoms with van der Waals surface area (Å²) in [6.07, 6.45) is 4.58. The number of aliphatic carboxylic acids is 1. The van der Waals surface area contributed by atoms with Crippen LogP contribution in [0.3, 0.4) is 0 Å². The summed E-state index contributed by atoms with van der Waals surface area (Å²) in [5.74, 6) is -0.560. The zero-order valence-corrected chi connectivity index (χ0v) is 15.6.